The molecule has 1 heterocycles. The van der Waals surface area contributed by atoms with Gasteiger partial charge in [-0.05, 0) is 45.1 Å². The lowest BCUT2D eigenvalue weighted by Crippen LogP contribution is -2.37. The molecule has 1 fully saturated rings. The van der Waals surface area contributed by atoms with Gasteiger partial charge in [-0.25, -0.2) is 0 Å². The van der Waals surface area contributed by atoms with Crippen molar-refractivity contribution in [2.24, 2.45) is 5.92 Å². The summed E-state index contributed by atoms with van der Waals surface area (Å²) in [4.78, 5) is 0. The van der Waals surface area contributed by atoms with Crippen LogP contribution in [0, 0.1) is 5.92 Å². The summed E-state index contributed by atoms with van der Waals surface area (Å²) in [5.74, 6) is 0.823. The first-order valence-electron chi connectivity index (χ1n) is 6.75. The molecular weight excluding hydrogens is 202 g/mol. The third-order valence-corrected chi connectivity index (χ3v) is 3.16. The second-order valence-electron chi connectivity index (χ2n) is 4.60. The first-order chi connectivity index (χ1) is 7.86. The lowest BCUT2D eigenvalue weighted by molar-refractivity contribution is 0.0517. The van der Waals surface area contributed by atoms with E-state index in [4.69, 9.17) is 9.47 Å². The molecule has 1 saturated heterocycles. The molecular formula is C13H27NO2. The summed E-state index contributed by atoms with van der Waals surface area (Å²) in [6.45, 7) is 8.93. The third-order valence-electron chi connectivity index (χ3n) is 3.16. The molecule has 1 unspecified atom stereocenters. The highest BCUT2D eigenvalue weighted by molar-refractivity contribution is 4.73. The van der Waals surface area contributed by atoms with E-state index in [1.807, 2.05) is 0 Å². The first kappa shape index (κ1) is 13.9. The minimum absolute atomic E-state index is 0.531. The molecule has 3 nitrogen and oxygen atoms in total. The van der Waals surface area contributed by atoms with Gasteiger partial charge in [0.25, 0.3) is 0 Å². The van der Waals surface area contributed by atoms with Crippen LogP contribution in [0.3, 0.4) is 0 Å². The van der Waals surface area contributed by atoms with E-state index in [-0.39, 0.29) is 0 Å². The van der Waals surface area contributed by atoms with Gasteiger partial charge in [-0.3, -0.25) is 0 Å². The molecule has 0 aromatic rings. The average molecular weight is 229 g/mol. The van der Waals surface area contributed by atoms with Gasteiger partial charge in [-0.1, -0.05) is 6.92 Å². The van der Waals surface area contributed by atoms with Crippen LogP contribution in [0.25, 0.3) is 0 Å². The SMILES string of the molecule is CCCNC(COCC)CC1CCOCC1. The van der Waals surface area contributed by atoms with Crippen LogP contribution in [-0.2, 0) is 9.47 Å². The molecule has 16 heavy (non-hydrogen) atoms. The summed E-state index contributed by atoms with van der Waals surface area (Å²) in [5.41, 5.74) is 0. The molecule has 0 amide bonds. The quantitative estimate of drug-likeness (QED) is 0.692. The van der Waals surface area contributed by atoms with Gasteiger partial charge < -0.3 is 14.8 Å². The maximum atomic E-state index is 5.54. The second kappa shape index (κ2) is 8.97. The minimum atomic E-state index is 0.531. The molecule has 0 bridgehead atoms. The van der Waals surface area contributed by atoms with Gasteiger partial charge in [-0.15, -0.1) is 0 Å². The van der Waals surface area contributed by atoms with Crippen molar-refractivity contribution in [2.75, 3.05) is 33.0 Å². The summed E-state index contributed by atoms with van der Waals surface area (Å²) in [7, 11) is 0. The normalized spacial score (nSPS) is 19.9. The van der Waals surface area contributed by atoms with Crippen molar-refractivity contribution in [3.05, 3.63) is 0 Å². The lowest BCUT2D eigenvalue weighted by atomic mass is 9.92. The molecule has 0 aromatic carbocycles. The van der Waals surface area contributed by atoms with Gasteiger partial charge in [-0.2, -0.15) is 0 Å². The monoisotopic (exact) mass is 229 g/mol. The Morgan fingerprint density at radius 3 is 2.69 bits per heavy atom. The van der Waals surface area contributed by atoms with E-state index in [1.54, 1.807) is 0 Å². The molecule has 1 aliphatic heterocycles. The molecule has 1 N–H and O–H groups in total. The Morgan fingerprint density at radius 2 is 2.06 bits per heavy atom. The van der Waals surface area contributed by atoms with Crippen molar-refractivity contribution in [1.82, 2.24) is 5.32 Å². The second-order valence-corrected chi connectivity index (χ2v) is 4.60. The van der Waals surface area contributed by atoms with Gasteiger partial charge in [0.2, 0.25) is 0 Å². The Morgan fingerprint density at radius 1 is 1.31 bits per heavy atom. The number of hydrogen-bond donors (Lipinski definition) is 1. The van der Waals surface area contributed by atoms with Crippen molar-refractivity contribution in [3.63, 3.8) is 0 Å². The highest BCUT2D eigenvalue weighted by atomic mass is 16.5. The third kappa shape index (κ3) is 5.83. The summed E-state index contributed by atoms with van der Waals surface area (Å²) in [6, 6.07) is 0.531. The summed E-state index contributed by atoms with van der Waals surface area (Å²) in [6.07, 6.45) is 4.87. The van der Waals surface area contributed by atoms with Crippen LogP contribution in [0.15, 0.2) is 0 Å². The predicted octanol–water partition coefficient (Wildman–Crippen LogP) is 2.21. The van der Waals surface area contributed by atoms with Crippen LogP contribution < -0.4 is 5.32 Å². The summed E-state index contributed by atoms with van der Waals surface area (Å²) in [5, 5.41) is 3.59. The topological polar surface area (TPSA) is 30.5 Å². The Bertz CT molecular complexity index is 150. The Balaban J connectivity index is 2.23. The highest BCUT2D eigenvalue weighted by Gasteiger charge is 2.18. The van der Waals surface area contributed by atoms with Crippen molar-refractivity contribution >= 4 is 0 Å². The number of nitrogens with one attached hydrogen (secondary N) is 1. The molecule has 1 aliphatic rings. The van der Waals surface area contributed by atoms with E-state index >= 15 is 0 Å². The van der Waals surface area contributed by atoms with Gasteiger partial charge in [0.05, 0.1) is 6.61 Å². The Hall–Kier alpha value is -0.120. The number of rotatable bonds is 8. The van der Waals surface area contributed by atoms with Crippen LogP contribution >= 0.6 is 0 Å². The largest absolute Gasteiger partial charge is 0.381 e. The van der Waals surface area contributed by atoms with E-state index in [0.717, 1.165) is 38.9 Å². The molecule has 0 spiro atoms. The Labute approximate surface area is 99.9 Å². The molecule has 0 aromatic heterocycles. The van der Waals surface area contributed by atoms with Crippen LogP contribution in [0.5, 0.6) is 0 Å². The van der Waals surface area contributed by atoms with Gasteiger partial charge in [0.15, 0.2) is 0 Å². The van der Waals surface area contributed by atoms with Gasteiger partial charge >= 0.3 is 0 Å². The zero-order valence-corrected chi connectivity index (χ0v) is 10.8. The molecule has 0 aliphatic carbocycles. The zero-order chi connectivity index (χ0) is 11.6. The fraction of sp³-hybridized carbons (Fsp3) is 1.00. The highest BCUT2D eigenvalue weighted by Crippen LogP contribution is 2.20. The van der Waals surface area contributed by atoms with Gasteiger partial charge in [0, 0.05) is 25.9 Å². The lowest BCUT2D eigenvalue weighted by Gasteiger charge is -2.27. The average Bonchev–Trinajstić information content (AvgIpc) is 2.34. The summed E-state index contributed by atoms with van der Waals surface area (Å²) >= 11 is 0. The molecule has 1 atom stereocenters. The molecule has 0 saturated carbocycles. The van der Waals surface area contributed by atoms with Crippen molar-refractivity contribution in [3.8, 4) is 0 Å². The molecule has 3 heteroatoms. The molecule has 1 rings (SSSR count). The number of ether oxygens (including phenoxy) is 2. The van der Waals surface area contributed by atoms with Crippen LogP contribution in [0.1, 0.15) is 39.5 Å². The van der Waals surface area contributed by atoms with Crippen molar-refractivity contribution < 1.29 is 9.47 Å². The van der Waals surface area contributed by atoms with E-state index < -0.39 is 0 Å². The van der Waals surface area contributed by atoms with E-state index in [0.29, 0.717) is 6.04 Å². The maximum absolute atomic E-state index is 5.54. The molecule has 0 radical (unpaired) electrons. The van der Waals surface area contributed by atoms with E-state index in [2.05, 4.69) is 19.2 Å². The molecule has 96 valence electrons. The van der Waals surface area contributed by atoms with Crippen LogP contribution in [-0.4, -0.2) is 39.0 Å². The first-order valence-corrected chi connectivity index (χ1v) is 6.75. The maximum Gasteiger partial charge on any atom is 0.0619 e. The van der Waals surface area contributed by atoms with Crippen molar-refractivity contribution in [1.29, 1.82) is 0 Å². The smallest absolute Gasteiger partial charge is 0.0619 e. The zero-order valence-electron chi connectivity index (χ0n) is 10.8. The fourth-order valence-electron chi connectivity index (χ4n) is 2.20. The van der Waals surface area contributed by atoms with Crippen LogP contribution in [0.2, 0.25) is 0 Å². The van der Waals surface area contributed by atoms with Crippen LogP contribution in [0.4, 0.5) is 0 Å². The minimum Gasteiger partial charge on any atom is -0.381 e. The number of hydrogen-bond acceptors (Lipinski definition) is 3. The predicted molar refractivity (Wildman–Crippen MR) is 66.7 cm³/mol. The van der Waals surface area contributed by atoms with Crippen molar-refractivity contribution in [2.45, 2.75) is 45.6 Å². The standard InChI is InChI=1S/C13H27NO2/c1-3-7-14-13(11-15-4-2)10-12-5-8-16-9-6-12/h12-14H,3-11H2,1-2H3. The Kier molecular flexibility index (Phi) is 7.81. The van der Waals surface area contributed by atoms with E-state index in [9.17, 15) is 0 Å². The van der Waals surface area contributed by atoms with Gasteiger partial charge in [0.1, 0.15) is 0 Å². The summed E-state index contributed by atoms with van der Waals surface area (Å²) < 4.78 is 10.9. The van der Waals surface area contributed by atoms with E-state index in [1.165, 1.54) is 25.7 Å². The fourth-order valence-corrected chi connectivity index (χ4v) is 2.20.